The predicted octanol–water partition coefficient (Wildman–Crippen LogP) is 2.90. The van der Waals surface area contributed by atoms with Gasteiger partial charge in [0.15, 0.2) is 0 Å². The average molecular weight is 306 g/mol. The zero-order valence-electron chi connectivity index (χ0n) is 8.39. The number of carbonyl (C=O) groups excluding carboxylic acids is 1. The third-order valence-corrected chi connectivity index (χ3v) is 1.96. The van der Waals surface area contributed by atoms with E-state index in [1.54, 1.807) is 24.3 Å². The van der Waals surface area contributed by atoms with Crippen LogP contribution in [0.4, 0.5) is 0 Å². The monoisotopic (exact) mass is 305 g/mol. The van der Waals surface area contributed by atoms with Gasteiger partial charge in [-0.05, 0) is 24.3 Å². The Morgan fingerprint density at radius 2 is 1.31 bits per heavy atom. The van der Waals surface area contributed by atoms with Crippen molar-refractivity contribution in [3.8, 4) is 5.75 Å². The summed E-state index contributed by atoms with van der Waals surface area (Å²) in [5.41, 5.74) is 0.557. The van der Waals surface area contributed by atoms with Crippen LogP contribution in [0.2, 0.25) is 0 Å². The molecule has 0 aliphatic heterocycles. The summed E-state index contributed by atoms with van der Waals surface area (Å²) >= 11 is 0. The maximum absolute atomic E-state index is 11.6. The van der Waals surface area contributed by atoms with Crippen molar-refractivity contribution in [1.29, 1.82) is 0 Å². The molecule has 0 spiro atoms. The maximum atomic E-state index is 11.6. The van der Waals surface area contributed by atoms with Gasteiger partial charge < -0.3 is 4.74 Å². The summed E-state index contributed by atoms with van der Waals surface area (Å²) in [5.74, 6) is 0.230. The van der Waals surface area contributed by atoms with Crippen molar-refractivity contribution in [1.82, 2.24) is 0 Å². The number of para-hydroxylation sites is 1. The van der Waals surface area contributed by atoms with Crippen LogP contribution in [0.25, 0.3) is 0 Å². The summed E-state index contributed by atoms with van der Waals surface area (Å²) < 4.78 is 5.16. The van der Waals surface area contributed by atoms with Crippen molar-refractivity contribution in [2.75, 3.05) is 0 Å². The summed E-state index contributed by atoms with van der Waals surface area (Å²) in [6.45, 7) is 0. The van der Waals surface area contributed by atoms with E-state index in [0.717, 1.165) is 0 Å². The summed E-state index contributed by atoms with van der Waals surface area (Å²) in [6, 6.07) is 18.0. The summed E-state index contributed by atoms with van der Waals surface area (Å²) in [7, 11) is 0. The molecule has 0 saturated heterocycles. The Bertz CT molecular complexity index is 440. The van der Waals surface area contributed by atoms with Gasteiger partial charge in [-0.3, -0.25) is 0 Å². The third kappa shape index (κ3) is 3.35. The summed E-state index contributed by atoms with van der Waals surface area (Å²) in [6.07, 6.45) is 0. The summed E-state index contributed by atoms with van der Waals surface area (Å²) in [5, 5.41) is 0. The minimum atomic E-state index is -0.332. The second-order valence-corrected chi connectivity index (χ2v) is 3.07. The minimum Gasteiger partial charge on any atom is -0.423 e. The average Bonchev–Trinajstić information content (AvgIpc) is 2.31. The fourth-order valence-corrected chi connectivity index (χ4v) is 1.23. The second kappa shape index (κ2) is 6.28. The number of rotatable bonds is 2. The van der Waals surface area contributed by atoms with Gasteiger partial charge in [-0.1, -0.05) is 36.4 Å². The molecule has 2 aromatic carbocycles. The van der Waals surface area contributed by atoms with Gasteiger partial charge in [-0.25, -0.2) is 4.79 Å². The van der Waals surface area contributed by atoms with Crippen molar-refractivity contribution in [3.63, 3.8) is 0 Å². The normalized spacial score (nSPS) is 9.00. The van der Waals surface area contributed by atoms with Crippen molar-refractivity contribution < 1.29 is 31.9 Å². The Balaban J connectivity index is 0.00000128. The largest absolute Gasteiger partial charge is 0.423 e. The topological polar surface area (TPSA) is 26.3 Å². The van der Waals surface area contributed by atoms with E-state index >= 15 is 0 Å². The molecule has 0 unspecified atom stereocenters. The first kappa shape index (κ1) is 12.7. The molecule has 0 aliphatic rings. The zero-order chi connectivity index (χ0) is 10.5. The van der Waals surface area contributed by atoms with E-state index in [4.69, 9.17) is 4.74 Å². The van der Waals surface area contributed by atoms with Crippen LogP contribution in [0.5, 0.6) is 5.75 Å². The molecule has 2 nitrogen and oxygen atoms in total. The fourth-order valence-electron chi connectivity index (χ4n) is 1.23. The van der Waals surface area contributed by atoms with Crippen molar-refractivity contribution in [2.45, 2.75) is 0 Å². The standard InChI is InChI=1S/C13H10O2.Ag/c14-13(11-7-3-1-4-8-11)15-12-9-5-2-6-10-12;/h1-10H;. The van der Waals surface area contributed by atoms with Gasteiger partial charge >= 0.3 is 5.97 Å². The molecule has 0 N–H and O–H groups in total. The fraction of sp³-hybridized carbons (Fsp3) is 0. The van der Waals surface area contributed by atoms with Gasteiger partial charge in [0.25, 0.3) is 0 Å². The van der Waals surface area contributed by atoms with Crippen molar-refractivity contribution in [3.05, 3.63) is 66.2 Å². The van der Waals surface area contributed by atoms with Crippen LogP contribution >= 0.6 is 0 Å². The molecule has 0 amide bonds. The molecule has 85 valence electrons. The Morgan fingerprint density at radius 1 is 0.812 bits per heavy atom. The first-order valence-electron chi connectivity index (χ1n) is 4.68. The molecule has 0 saturated carbocycles. The Kier molecular flexibility index (Phi) is 4.99. The Hall–Kier alpha value is -1.35. The quantitative estimate of drug-likeness (QED) is 0.484. The first-order valence-corrected chi connectivity index (χ1v) is 4.68. The smallest absolute Gasteiger partial charge is 0.343 e. The number of esters is 1. The van der Waals surface area contributed by atoms with Crippen molar-refractivity contribution in [2.24, 2.45) is 0 Å². The van der Waals surface area contributed by atoms with Gasteiger partial charge in [0.1, 0.15) is 5.75 Å². The van der Waals surface area contributed by atoms with E-state index in [9.17, 15) is 4.79 Å². The van der Waals surface area contributed by atoms with Gasteiger partial charge in [-0.2, -0.15) is 0 Å². The molecular formula is C13H10AgO2. The molecule has 2 aromatic rings. The molecule has 0 bridgehead atoms. The molecule has 16 heavy (non-hydrogen) atoms. The molecule has 0 heterocycles. The van der Waals surface area contributed by atoms with Gasteiger partial charge in [0.2, 0.25) is 0 Å². The molecule has 0 aliphatic carbocycles. The predicted molar refractivity (Wildman–Crippen MR) is 57.8 cm³/mol. The minimum absolute atomic E-state index is 0. The van der Waals surface area contributed by atoms with Crippen LogP contribution in [0, 0.1) is 0 Å². The first-order chi connectivity index (χ1) is 7.36. The molecule has 0 atom stereocenters. The molecule has 2 rings (SSSR count). The Morgan fingerprint density at radius 3 is 1.88 bits per heavy atom. The van der Waals surface area contributed by atoms with E-state index < -0.39 is 0 Å². The maximum Gasteiger partial charge on any atom is 0.343 e. The molecule has 1 radical (unpaired) electrons. The van der Waals surface area contributed by atoms with Gasteiger partial charge in [-0.15, -0.1) is 0 Å². The van der Waals surface area contributed by atoms with E-state index in [-0.39, 0.29) is 28.3 Å². The second-order valence-electron chi connectivity index (χ2n) is 3.07. The van der Waals surface area contributed by atoms with Crippen LogP contribution in [-0.2, 0) is 22.4 Å². The molecule has 0 fully saturated rings. The van der Waals surface area contributed by atoms with Gasteiger partial charge in [0.05, 0.1) is 5.56 Å². The van der Waals surface area contributed by atoms with Crippen LogP contribution in [0.3, 0.4) is 0 Å². The van der Waals surface area contributed by atoms with E-state index in [0.29, 0.717) is 11.3 Å². The van der Waals surface area contributed by atoms with E-state index in [2.05, 4.69) is 0 Å². The number of ether oxygens (including phenoxy) is 1. The zero-order valence-corrected chi connectivity index (χ0v) is 9.87. The molecule has 3 heteroatoms. The van der Waals surface area contributed by atoms with Crippen LogP contribution in [-0.4, -0.2) is 5.97 Å². The van der Waals surface area contributed by atoms with Crippen LogP contribution in [0.15, 0.2) is 60.7 Å². The van der Waals surface area contributed by atoms with Crippen molar-refractivity contribution >= 4 is 5.97 Å². The van der Waals surface area contributed by atoms with Gasteiger partial charge in [0, 0.05) is 22.4 Å². The third-order valence-electron chi connectivity index (χ3n) is 1.96. The Labute approximate surface area is 110 Å². The number of carbonyl (C=O) groups is 1. The van der Waals surface area contributed by atoms with Crippen LogP contribution in [0.1, 0.15) is 10.4 Å². The number of hydrogen-bond donors (Lipinski definition) is 0. The molecule has 0 aromatic heterocycles. The van der Waals surface area contributed by atoms with E-state index in [1.165, 1.54) is 0 Å². The molecular weight excluding hydrogens is 296 g/mol. The number of benzene rings is 2. The SMILES string of the molecule is O=C(Oc1ccccc1)c1ccccc1.[Ag]. The number of hydrogen-bond acceptors (Lipinski definition) is 2. The van der Waals surface area contributed by atoms with E-state index in [1.807, 2.05) is 36.4 Å². The van der Waals surface area contributed by atoms with Crippen LogP contribution < -0.4 is 4.74 Å². The summed E-state index contributed by atoms with van der Waals surface area (Å²) in [4.78, 5) is 11.6.